The summed E-state index contributed by atoms with van der Waals surface area (Å²) in [6.07, 6.45) is 0. The zero-order valence-electron chi connectivity index (χ0n) is 12.4. The van der Waals surface area contributed by atoms with Gasteiger partial charge in [-0.3, -0.25) is 0 Å². The Morgan fingerprint density at radius 2 is 1.82 bits per heavy atom. The normalized spacial score (nSPS) is 16.5. The molecule has 3 N–H and O–H groups in total. The van der Waals surface area contributed by atoms with Crippen LogP contribution in [0.5, 0.6) is 0 Å². The van der Waals surface area contributed by atoms with E-state index in [4.69, 9.17) is 17.3 Å². The Labute approximate surface area is 136 Å². The minimum atomic E-state index is 0.329. The van der Waals surface area contributed by atoms with Crippen LogP contribution in [-0.2, 0) is 6.54 Å². The van der Waals surface area contributed by atoms with Crippen LogP contribution >= 0.6 is 11.6 Å². The zero-order valence-corrected chi connectivity index (χ0v) is 13.2. The summed E-state index contributed by atoms with van der Waals surface area (Å²) in [6.45, 7) is 2.65. The third-order valence-electron chi connectivity index (χ3n) is 3.88. The Morgan fingerprint density at radius 3 is 2.59 bits per heavy atom. The highest BCUT2D eigenvalue weighted by molar-refractivity contribution is 6.20. The molecule has 4 heteroatoms. The van der Waals surface area contributed by atoms with Gasteiger partial charge in [0.1, 0.15) is 0 Å². The van der Waals surface area contributed by atoms with Gasteiger partial charge in [0, 0.05) is 36.6 Å². The van der Waals surface area contributed by atoms with Crippen molar-refractivity contribution in [2.75, 3.05) is 23.9 Å². The molecule has 114 valence electrons. The number of benzene rings is 2. The predicted octanol–water partition coefficient (Wildman–Crippen LogP) is 3.16. The molecular formula is C18H20ClN3. The Morgan fingerprint density at radius 1 is 1.09 bits per heavy atom. The standard InChI is InChI=1S/C18H20ClN3/c19-12-16(20)18-15-8-4-5-9-17(15)22(11-10-21-18)13-14-6-2-1-3-7-14/h1-9,21H,10-13,20H2/b18-16-. The van der Waals surface area contributed by atoms with Crippen LogP contribution < -0.4 is 16.0 Å². The second-order valence-electron chi connectivity index (χ2n) is 5.38. The van der Waals surface area contributed by atoms with Crippen molar-refractivity contribution in [3.63, 3.8) is 0 Å². The SMILES string of the molecule is N/C(CCl)=C1\NCCN(Cc2ccccc2)c2ccccc21. The first-order valence-corrected chi connectivity index (χ1v) is 8.00. The quantitative estimate of drug-likeness (QED) is 0.855. The van der Waals surface area contributed by atoms with Crippen LogP contribution in [0.2, 0.25) is 0 Å². The first-order chi connectivity index (χ1) is 10.8. The molecule has 1 aliphatic rings. The molecule has 0 saturated carbocycles. The van der Waals surface area contributed by atoms with Gasteiger partial charge in [-0.05, 0) is 11.6 Å². The molecule has 0 fully saturated rings. The van der Waals surface area contributed by atoms with E-state index in [9.17, 15) is 0 Å². The molecule has 1 heterocycles. The average Bonchev–Trinajstić information content (AvgIpc) is 2.75. The second-order valence-corrected chi connectivity index (χ2v) is 5.65. The van der Waals surface area contributed by atoms with Gasteiger partial charge in [0.15, 0.2) is 0 Å². The maximum Gasteiger partial charge on any atom is 0.0640 e. The summed E-state index contributed by atoms with van der Waals surface area (Å²) in [6, 6.07) is 18.9. The molecule has 0 saturated heterocycles. The molecule has 0 radical (unpaired) electrons. The number of nitrogens with zero attached hydrogens (tertiary/aromatic N) is 1. The number of alkyl halides is 1. The van der Waals surface area contributed by atoms with Gasteiger partial charge < -0.3 is 16.0 Å². The molecule has 3 nitrogen and oxygen atoms in total. The van der Waals surface area contributed by atoms with Crippen molar-refractivity contribution in [2.24, 2.45) is 5.73 Å². The zero-order chi connectivity index (χ0) is 15.4. The lowest BCUT2D eigenvalue weighted by Crippen LogP contribution is -2.28. The summed E-state index contributed by atoms with van der Waals surface area (Å²) < 4.78 is 0. The Kier molecular flexibility index (Phi) is 4.54. The van der Waals surface area contributed by atoms with Crippen LogP contribution in [-0.4, -0.2) is 19.0 Å². The van der Waals surface area contributed by atoms with Crippen LogP contribution in [0.15, 0.2) is 60.3 Å². The highest BCUT2D eigenvalue weighted by atomic mass is 35.5. The maximum atomic E-state index is 6.10. The first-order valence-electron chi connectivity index (χ1n) is 7.46. The number of anilines is 1. The fourth-order valence-corrected chi connectivity index (χ4v) is 2.95. The average molecular weight is 314 g/mol. The lowest BCUT2D eigenvalue weighted by atomic mass is 10.1. The smallest absolute Gasteiger partial charge is 0.0640 e. The largest absolute Gasteiger partial charge is 0.399 e. The summed E-state index contributed by atoms with van der Waals surface area (Å²) in [5.74, 6) is 0.329. The number of nitrogens with one attached hydrogen (secondary N) is 1. The molecule has 0 amide bonds. The number of hydrogen-bond donors (Lipinski definition) is 2. The summed E-state index contributed by atoms with van der Waals surface area (Å²) in [4.78, 5) is 2.38. The van der Waals surface area contributed by atoms with E-state index in [1.165, 1.54) is 11.3 Å². The summed E-state index contributed by atoms with van der Waals surface area (Å²) >= 11 is 5.93. The minimum Gasteiger partial charge on any atom is -0.399 e. The van der Waals surface area contributed by atoms with E-state index in [-0.39, 0.29) is 0 Å². The summed E-state index contributed by atoms with van der Waals surface area (Å²) in [5, 5.41) is 3.43. The molecule has 0 bridgehead atoms. The number of para-hydroxylation sites is 1. The monoisotopic (exact) mass is 313 g/mol. The fourth-order valence-electron chi connectivity index (χ4n) is 2.81. The van der Waals surface area contributed by atoms with Gasteiger partial charge in [0.05, 0.1) is 11.6 Å². The number of halogens is 1. The molecule has 0 atom stereocenters. The van der Waals surface area contributed by atoms with Crippen LogP contribution in [0.4, 0.5) is 5.69 Å². The van der Waals surface area contributed by atoms with Crippen LogP contribution in [0.25, 0.3) is 5.70 Å². The highest BCUT2D eigenvalue weighted by Crippen LogP contribution is 2.30. The fraction of sp³-hybridized carbons (Fsp3) is 0.222. The van der Waals surface area contributed by atoms with E-state index >= 15 is 0 Å². The van der Waals surface area contributed by atoms with E-state index in [2.05, 4.69) is 52.7 Å². The molecule has 3 rings (SSSR count). The number of allylic oxidation sites excluding steroid dienone is 1. The maximum absolute atomic E-state index is 6.10. The van der Waals surface area contributed by atoms with Gasteiger partial charge >= 0.3 is 0 Å². The van der Waals surface area contributed by atoms with Crippen molar-refractivity contribution in [1.82, 2.24) is 5.32 Å². The second kappa shape index (κ2) is 6.75. The number of fused-ring (bicyclic) bond motifs is 1. The third kappa shape index (κ3) is 3.04. The van der Waals surface area contributed by atoms with Crippen molar-refractivity contribution >= 4 is 23.0 Å². The minimum absolute atomic E-state index is 0.329. The summed E-state index contributed by atoms with van der Waals surface area (Å²) in [5.41, 5.74) is 11.4. The number of nitrogens with two attached hydrogens (primary N) is 1. The lowest BCUT2D eigenvalue weighted by molar-refractivity contribution is 0.762. The van der Waals surface area contributed by atoms with Crippen molar-refractivity contribution in [2.45, 2.75) is 6.54 Å². The van der Waals surface area contributed by atoms with Crippen molar-refractivity contribution in [3.05, 3.63) is 71.4 Å². The van der Waals surface area contributed by atoms with E-state index in [1.807, 2.05) is 12.1 Å². The molecule has 22 heavy (non-hydrogen) atoms. The van der Waals surface area contributed by atoms with Gasteiger partial charge in [-0.15, -0.1) is 11.6 Å². The molecular weight excluding hydrogens is 294 g/mol. The molecule has 2 aromatic carbocycles. The Balaban J connectivity index is 1.99. The Bertz CT molecular complexity index is 667. The summed E-state index contributed by atoms with van der Waals surface area (Å²) in [7, 11) is 0. The number of rotatable bonds is 3. The first kappa shape index (κ1) is 14.8. The lowest BCUT2D eigenvalue weighted by Gasteiger charge is -2.24. The van der Waals surface area contributed by atoms with Crippen molar-refractivity contribution < 1.29 is 0 Å². The molecule has 2 aromatic rings. The van der Waals surface area contributed by atoms with Crippen LogP contribution in [0.1, 0.15) is 11.1 Å². The van der Waals surface area contributed by atoms with Crippen LogP contribution in [0.3, 0.4) is 0 Å². The van der Waals surface area contributed by atoms with E-state index in [1.54, 1.807) is 0 Å². The van der Waals surface area contributed by atoms with Crippen molar-refractivity contribution in [3.8, 4) is 0 Å². The predicted molar refractivity (Wildman–Crippen MR) is 93.8 cm³/mol. The van der Waals surface area contributed by atoms with Gasteiger partial charge in [0.25, 0.3) is 0 Å². The van der Waals surface area contributed by atoms with E-state index in [0.717, 1.165) is 30.9 Å². The Hall–Kier alpha value is -2.13. The molecule has 0 spiro atoms. The van der Waals surface area contributed by atoms with Crippen molar-refractivity contribution in [1.29, 1.82) is 0 Å². The number of hydrogen-bond acceptors (Lipinski definition) is 3. The molecule has 0 aliphatic carbocycles. The molecule has 1 aliphatic heterocycles. The van der Waals surface area contributed by atoms with Crippen LogP contribution in [0, 0.1) is 0 Å². The molecule has 0 unspecified atom stereocenters. The van der Waals surface area contributed by atoms with E-state index in [0.29, 0.717) is 11.6 Å². The van der Waals surface area contributed by atoms with Gasteiger partial charge in [-0.2, -0.15) is 0 Å². The third-order valence-corrected chi connectivity index (χ3v) is 4.17. The topological polar surface area (TPSA) is 41.3 Å². The molecule has 0 aromatic heterocycles. The van der Waals surface area contributed by atoms with Gasteiger partial charge in [0.2, 0.25) is 0 Å². The highest BCUT2D eigenvalue weighted by Gasteiger charge is 2.19. The van der Waals surface area contributed by atoms with Gasteiger partial charge in [-0.25, -0.2) is 0 Å². The van der Waals surface area contributed by atoms with E-state index < -0.39 is 0 Å². The van der Waals surface area contributed by atoms with Gasteiger partial charge in [-0.1, -0.05) is 48.5 Å².